The van der Waals surface area contributed by atoms with Gasteiger partial charge in [-0.3, -0.25) is 4.90 Å². The Morgan fingerprint density at radius 3 is 2.31 bits per heavy atom. The second kappa shape index (κ2) is 10.3. The van der Waals surface area contributed by atoms with E-state index in [0.29, 0.717) is 12.4 Å². The molecule has 1 N–H and O–H groups in total. The molecule has 1 aliphatic rings. The number of piperazine rings is 1. The van der Waals surface area contributed by atoms with Crippen LogP contribution < -0.4 is 19.5 Å². The highest BCUT2D eigenvalue weighted by atomic mass is 16.5. The second-order valence-electron chi connectivity index (χ2n) is 7.48. The van der Waals surface area contributed by atoms with E-state index in [1.807, 2.05) is 24.3 Å². The highest BCUT2D eigenvalue weighted by Gasteiger charge is 2.27. The lowest BCUT2D eigenvalue weighted by molar-refractivity contribution is 0.167. The fourth-order valence-corrected chi connectivity index (χ4v) is 3.76. The molecule has 156 valence electrons. The van der Waals surface area contributed by atoms with Gasteiger partial charge in [-0.1, -0.05) is 35.9 Å². The van der Waals surface area contributed by atoms with Crippen molar-refractivity contribution in [2.75, 3.05) is 40.4 Å². The molecule has 1 atom stereocenters. The van der Waals surface area contributed by atoms with E-state index < -0.39 is 0 Å². The summed E-state index contributed by atoms with van der Waals surface area (Å²) in [6.45, 7) is 10.7. The smallest absolute Gasteiger partial charge is 0.164 e. The molecule has 29 heavy (non-hydrogen) atoms. The van der Waals surface area contributed by atoms with E-state index in [0.717, 1.165) is 60.8 Å². The summed E-state index contributed by atoms with van der Waals surface area (Å²) in [7, 11) is 3.32. The van der Waals surface area contributed by atoms with Gasteiger partial charge in [0, 0.05) is 43.9 Å². The van der Waals surface area contributed by atoms with Crippen molar-refractivity contribution in [1.29, 1.82) is 0 Å². The third-order valence-electron chi connectivity index (χ3n) is 5.25. The van der Waals surface area contributed by atoms with Gasteiger partial charge in [0.25, 0.3) is 0 Å². The van der Waals surface area contributed by atoms with Gasteiger partial charge in [0.2, 0.25) is 0 Å². The molecule has 0 aromatic heterocycles. The van der Waals surface area contributed by atoms with Gasteiger partial charge in [0.15, 0.2) is 11.5 Å². The summed E-state index contributed by atoms with van der Waals surface area (Å²) in [6.07, 6.45) is 0.872. The molecule has 0 saturated carbocycles. The van der Waals surface area contributed by atoms with Gasteiger partial charge in [-0.15, -0.1) is 6.58 Å². The van der Waals surface area contributed by atoms with Crippen LogP contribution in [0.3, 0.4) is 0 Å². The van der Waals surface area contributed by atoms with Crippen LogP contribution in [0.5, 0.6) is 17.2 Å². The van der Waals surface area contributed by atoms with Crippen LogP contribution in [0.15, 0.2) is 54.6 Å². The molecule has 3 rings (SSSR count). The Bertz CT molecular complexity index is 801. The lowest BCUT2D eigenvalue weighted by Gasteiger charge is -2.36. The summed E-state index contributed by atoms with van der Waals surface area (Å²) in [5.41, 5.74) is 3.40. The minimum Gasteiger partial charge on any atom is -0.493 e. The average molecular weight is 397 g/mol. The van der Waals surface area contributed by atoms with Crippen molar-refractivity contribution in [3.8, 4) is 17.2 Å². The number of nitrogens with one attached hydrogen (secondary N) is 1. The summed E-state index contributed by atoms with van der Waals surface area (Å²) in [4.78, 5) is 2.50. The number of rotatable bonds is 9. The molecular weight excluding hydrogens is 364 g/mol. The van der Waals surface area contributed by atoms with E-state index in [-0.39, 0.29) is 6.04 Å². The Morgan fingerprint density at radius 2 is 1.69 bits per heavy atom. The maximum absolute atomic E-state index is 6.31. The van der Waals surface area contributed by atoms with Crippen LogP contribution in [0.2, 0.25) is 0 Å². The van der Waals surface area contributed by atoms with E-state index in [1.165, 1.54) is 0 Å². The van der Waals surface area contributed by atoms with E-state index >= 15 is 0 Å². The molecule has 0 unspecified atom stereocenters. The van der Waals surface area contributed by atoms with Gasteiger partial charge in [-0.05, 0) is 25.0 Å². The van der Waals surface area contributed by atoms with Crippen molar-refractivity contribution in [1.82, 2.24) is 10.2 Å². The minimum absolute atomic E-state index is 0.181. The minimum atomic E-state index is 0.181. The topological polar surface area (TPSA) is 43.0 Å². The van der Waals surface area contributed by atoms with Crippen LogP contribution in [0.4, 0.5) is 0 Å². The Hall–Kier alpha value is -2.50. The molecule has 0 spiro atoms. The van der Waals surface area contributed by atoms with Crippen LogP contribution in [0.25, 0.3) is 0 Å². The molecule has 1 fully saturated rings. The third-order valence-corrected chi connectivity index (χ3v) is 5.25. The average Bonchev–Trinajstić information content (AvgIpc) is 2.76. The zero-order valence-electron chi connectivity index (χ0n) is 17.7. The molecule has 0 aliphatic carbocycles. The number of hydrogen-bond donors (Lipinski definition) is 1. The summed E-state index contributed by atoms with van der Waals surface area (Å²) < 4.78 is 17.5. The predicted molar refractivity (Wildman–Crippen MR) is 117 cm³/mol. The first-order valence-corrected chi connectivity index (χ1v) is 10.1. The summed E-state index contributed by atoms with van der Waals surface area (Å²) in [6, 6.07) is 14.4. The Labute approximate surface area is 174 Å². The molecule has 2 aromatic rings. The molecule has 1 saturated heterocycles. The maximum atomic E-state index is 6.31. The monoisotopic (exact) mass is 396 g/mol. The molecule has 0 radical (unpaired) electrons. The number of methoxy groups -OCH3 is 2. The van der Waals surface area contributed by atoms with Gasteiger partial charge >= 0.3 is 0 Å². The van der Waals surface area contributed by atoms with Crippen LogP contribution in [-0.4, -0.2) is 45.3 Å². The quantitative estimate of drug-likeness (QED) is 0.644. The van der Waals surface area contributed by atoms with E-state index in [4.69, 9.17) is 14.2 Å². The molecule has 1 aliphatic heterocycles. The zero-order valence-corrected chi connectivity index (χ0v) is 17.7. The molecule has 5 nitrogen and oxygen atoms in total. The highest BCUT2D eigenvalue weighted by Crippen LogP contribution is 2.41. The molecular formula is C24H32N2O3. The van der Waals surface area contributed by atoms with Crippen LogP contribution in [-0.2, 0) is 6.61 Å². The van der Waals surface area contributed by atoms with Gasteiger partial charge in [0.05, 0.1) is 14.2 Å². The van der Waals surface area contributed by atoms with Gasteiger partial charge in [-0.25, -0.2) is 0 Å². The van der Waals surface area contributed by atoms with E-state index in [2.05, 4.69) is 41.9 Å². The molecule has 0 amide bonds. The van der Waals surface area contributed by atoms with Crippen molar-refractivity contribution in [2.45, 2.75) is 26.0 Å². The normalized spacial score (nSPS) is 15.6. The standard InChI is InChI=1S/C24H32N2O3/c1-18(2)14-21(26-12-10-25-11-13-26)20-15-23(27-3)24(28-4)16-22(20)29-17-19-8-6-5-7-9-19/h5-9,15-16,21,25H,1,10-14,17H2,2-4H3/t21-/m1/s1. The maximum Gasteiger partial charge on any atom is 0.164 e. The molecule has 0 bridgehead atoms. The van der Waals surface area contributed by atoms with Crippen molar-refractivity contribution in [3.05, 3.63) is 65.7 Å². The van der Waals surface area contributed by atoms with E-state index in [1.54, 1.807) is 14.2 Å². The fraction of sp³-hybridized carbons (Fsp3) is 0.417. The first-order chi connectivity index (χ1) is 14.1. The van der Waals surface area contributed by atoms with Crippen molar-refractivity contribution in [2.24, 2.45) is 0 Å². The number of nitrogens with zero attached hydrogens (tertiary/aromatic N) is 1. The largest absolute Gasteiger partial charge is 0.493 e. The van der Waals surface area contributed by atoms with Crippen LogP contribution in [0.1, 0.15) is 30.5 Å². The molecule has 1 heterocycles. The highest BCUT2D eigenvalue weighted by molar-refractivity contribution is 5.52. The predicted octanol–water partition coefficient (Wildman–Crippen LogP) is 4.20. The number of hydrogen-bond acceptors (Lipinski definition) is 5. The lowest BCUT2D eigenvalue weighted by atomic mass is 9.96. The van der Waals surface area contributed by atoms with Crippen LogP contribution in [0, 0.1) is 0 Å². The second-order valence-corrected chi connectivity index (χ2v) is 7.48. The Balaban J connectivity index is 1.98. The zero-order chi connectivity index (χ0) is 20.6. The SMILES string of the molecule is C=C(C)C[C@H](c1cc(OC)c(OC)cc1OCc1ccccc1)N1CCNCC1. The van der Waals surface area contributed by atoms with E-state index in [9.17, 15) is 0 Å². The third kappa shape index (κ3) is 5.52. The molecule has 5 heteroatoms. The summed E-state index contributed by atoms with van der Waals surface area (Å²) >= 11 is 0. The molecule has 2 aromatic carbocycles. The van der Waals surface area contributed by atoms with Gasteiger partial charge in [-0.2, -0.15) is 0 Å². The van der Waals surface area contributed by atoms with Gasteiger partial charge in [0.1, 0.15) is 12.4 Å². The summed E-state index contributed by atoms with van der Waals surface area (Å²) in [5.74, 6) is 2.22. The Morgan fingerprint density at radius 1 is 1.03 bits per heavy atom. The van der Waals surface area contributed by atoms with Crippen molar-refractivity contribution >= 4 is 0 Å². The Kier molecular flexibility index (Phi) is 7.55. The fourth-order valence-electron chi connectivity index (χ4n) is 3.76. The summed E-state index contributed by atoms with van der Waals surface area (Å²) in [5, 5.41) is 3.44. The lowest BCUT2D eigenvalue weighted by Crippen LogP contribution is -2.45. The first-order valence-electron chi connectivity index (χ1n) is 10.1. The van der Waals surface area contributed by atoms with Crippen LogP contribution >= 0.6 is 0 Å². The number of ether oxygens (including phenoxy) is 3. The first kappa shape index (κ1) is 21.2. The van der Waals surface area contributed by atoms with Crippen molar-refractivity contribution < 1.29 is 14.2 Å². The van der Waals surface area contributed by atoms with Crippen molar-refractivity contribution in [3.63, 3.8) is 0 Å². The van der Waals surface area contributed by atoms with Gasteiger partial charge < -0.3 is 19.5 Å². The number of benzene rings is 2.